The van der Waals surface area contributed by atoms with Crippen molar-refractivity contribution in [1.82, 2.24) is 4.57 Å². The van der Waals surface area contributed by atoms with Gasteiger partial charge in [-0.15, -0.1) is 0 Å². The number of hydrogen-bond acceptors (Lipinski definition) is 1. The van der Waals surface area contributed by atoms with Crippen LogP contribution in [0.3, 0.4) is 0 Å². The van der Waals surface area contributed by atoms with Crippen molar-refractivity contribution in [2.24, 2.45) is 0 Å². The predicted octanol–water partition coefficient (Wildman–Crippen LogP) is 2.38. The lowest BCUT2D eigenvalue weighted by atomic mass is 10.2. The number of rotatable bonds is 4. The highest BCUT2D eigenvalue weighted by atomic mass is 16.6. The number of ether oxygens (including phenoxy) is 1. The van der Waals surface area contributed by atoms with Crippen molar-refractivity contribution in [3.63, 3.8) is 0 Å². The number of para-hydroxylation sites is 2. The topological polar surface area (TPSA) is 21.3 Å². The van der Waals surface area contributed by atoms with Crippen LogP contribution in [-0.4, -0.2) is 17.3 Å². The summed E-state index contributed by atoms with van der Waals surface area (Å²) in [4.78, 5) is 0. The maximum atomic E-state index is 5.36. The lowest BCUT2D eigenvalue weighted by Gasteiger charge is -1.97. The van der Waals surface area contributed by atoms with E-state index in [1.807, 2.05) is 0 Å². The van der Waals surface area contributed by atoms with E-state index in [2.05, 4.69) is 70.1 Å². The third-order valence-electron chi connectivity index (χ3n) is 3.78. The summed E-state index contributed by atoms with van der Waals surface area (Å²) in [5, 5.41) is 0. The Morgan fingerprint density at radius 1 is 1.05 bits per heavy atom. The summed E-state index contributed by atoms with van der Waals surface area (Å²) in [5.41, 5.74) is 3.87. The minimum atomic E-state index is 0.399. The predicted molar refractivity (Wildman–Crippen MR) is 77.4 cm³/mol. The Balaban J connectivity index is 1.74. The molecule has 4 rings (SSSR count). The lowest BCUT2D eigenvalue weighted by molar-refractivity contribution is -0.663. The molecule has 2 aromatic carbocycles. The summed E-state index contributed by atoms with van der Waals surface area (Å²) >= 11 is 0. The van der Waals surface area contributed by atoms with Gasteiger partial charge in [0, 0.05) is 0 Å². The molecule has 1 fully saturated rings. The van der Waals surface area contributed by atoms with E-state index < -0.39 is 0 Å². The highest BCUT2D eigenvalue weighted by molar-refractivity contribution is 5.71. The number of epoxide rings is 1. The molecule has 2 heterocycles. The number of aromatic nitrogens is 2. The van der Waals surface area contributed by atoms with Gasteiger partial charge in [0.15, 0.2) is 11.0 Å². The first-order chi connectivity index (χ1) is 9.90. The molecule has 3 nitrogen and oxygen atoms in total. The molecule has 1 unspecified atom stereocenters. The zero-order chi connectivity index (χ0) is 13.4. The van der Waals surface area contributed by atoms with E-state index in [1.165, 1.54) is 16.6 Å². The summed E-state index contributed by atoms with van der Waals surface area (Å²) in [6.07, 6.45) is 2.61. The molecule has 20 heavy (non-hydrogen) atoms. The summed E-state index contributed by atoms with van der Waals surface area (Å²) in [7, 11) is 0. The van der Waals surface area contributed by atoms with Gasteiger partial charge in [0.25, 0.3) is 0 Å². The Labute approximate surface area is 118 Å². The van der Waals surface area contributed by atoms with Crippen LogP contribution in [0.25, 0.3) is 11.0 Å². The maximum Gasteiger partial charge on any atom is 0.245 e. The zero-order valence-corrected chi connectivity index (χ0v) is 11.3. The molecule has 3 aromatic rings. The number of hydrogen-bond donors (Lipinski definition) is 0. The summed E-state index contributed by atoms with van der Waals surface area (Å²) in [5.74, 6) is 0. The van der Waals surface area contributed by atoms with Gasteiger partial charge in [-0.05, 0) is 17.7 Å². The van der Waals surface area contributed by atoms with Crippen molar-refractivity contribution in [1.29, 1.82) is 0 Å². The van der Waals surface area contributed by atoms with E-state index in [0.29, 0.717) is 6.10 Å². The third-order valence-corrected chi connectivity index (χ3v) is 3.78. The average Bonchev–Trinajstić information content (AvgIpc) is 3.25. The van der Waals surface area contributed by atoms with Gasteiger partial charge in [-0.1, -0.05) is 42.5 Å². The second kappa shape index (κ2) is 4.76. The van der Waals surface area contributed by atoms with Crippen LogP contribution in [-0.2, 0) is 17.8 Å². The third kappa shape index (κ3) is 2.21. The Morgan fingerprint density at radius 2 is 1.80 bits per heavy atom. The standard InChI is InChI=1S/C17H17N2O/c1-2-6-14(7-3-1)10-18-13-19(11-15-12-20-15)17-9-5-4-8-16(17)18/h1-9,13,15H,10-12H2/q+1. The molecule has 0 N–H and O–H groups in total. The van der Waals surface area contributed by atoms with Crippen molar-refractivity contribution in [3.05, 3.63) is 66.5 Å². The van der Waals surface area contributed by atoms with Crippen LogP contribution in [0.1, 0.15) is 5.56 Å². The normalized spacial score (nSPS) is 17.5. The van der Waals surface area contributed by atoms with E-state index >= 15 is 0 Å². The first-order valence-electron chi connectivity index (χ1n) is 7.03. The summed E-state index contributed by atoms with van der Waals surface area (Å²) in [6, 6.07) is 19.1. The lowest BCUT2D eigenvalue weighted by Crippen LogP contribution is -2.32. The minimum absolute atomic E-state index is 0.399. The maximum absolute atomic E-state index is 5.36. The van der Waals surface area contributed by atoms with Crippen molar-refractivity contribution in [2.75, 3.05) is 6.61 Å². The highest BCUT2D eigenvalue weighted by Gasteiger charge is 2.27. The highest BCUT2D eigenvalue weighted by Crippen LogP contribution is 2.17. The van der Waals surface area contributed by atoms with E-state index in [4.69, 9.17) is 4.74 Å². The van der Waals surface area contributed by atoms with Crippen molar-refractivity contribution < 1.29 is 9.30 Å². The molecule has 0 spiro atoms. The van der Waals surface area contributed by atoms with Gasteiger partial charge in [-0.3, -0.25) is 0 Å². The summed E-state index contributed by atoms with van der Waals surface area (Å²) in [6.45, 7) is 2.74. The molecule has 1 aliphatic rings. The Kier molecular flexibility index (Phi) is 2.78. The molecular formula is C17H17N2O+. The van der Waals surface area contributed by atoms with Crippen LogP contribution < -0.4 is 4.57 Å². The average molecular weight is 265 g/mol. The quantitative estimate of drug-likeness (QED) is 0.524. The van der Waals surface area contributed by atoms with Crippen molar-refractivity contribution in [2.45, 2.75) is 19.2 Å². The molecule has 1 atom stereocenters. The smallest absolute Gasteiger partial charge is 0.245 e. The first-order valence-corrected chi connectivity index (χ1v) is 7.03. The van der Waals surface area contributed by atoms with Gasteiger partial charge < -0.3 is 4.74 Å². The van der Waals surface area contributed by atoms with Gasteiger partial charge in [0.1, 0.15) is 19.2 Å². The van der Waals surface area contributed by atoms with Crippen LogP contribution in [0.15, 0.2) is 60.9 Å². The van der Waals surface area contributed by atoms with Gasteiger partial charge in [0.05, 0.1) is 6.61 Å². The van der Waals surface area contributed by atoms with Gasteiger partial charge in [-0.25, -0.2) is 9.13 Å². The van der Waals surface area contributed by atoms with Crippen molar-refractivity contribution >= 4 is 11.0 Å². The second-order valence-corrected chi connectivity index (χ2v) is 5.33. The second-order valence-electron chi connectivity index (χ2n) is 5.33. The molecule has 0 saturated carbocycles. The molecule has 0 radical (unpaired) electrons. The van der Waals surface area contributed by atoms with Crippen LogP contribution in [0.2, 0.25) is 0 Å². The Bertz CT molecular complexity index is 729. The van der Waals surface area contributed by atoms with Crippen LogP contribution in [0, 0.1) is 0 Å². The number of fused-ring (bicyclic) bond motifs is 1. The van der Waals surface area contributed by atoms with E-state index in [1.54, 1.807) is 0 Å². The SMILES string of the molecule is c1ccc(C[n+]2cn(CC3CO3)c3ccccc32)cc1. The Morgan fingerprint density at radius 3 is 2.60 bits per heavy atom. The number of benzene rings is 2. The largest absolute Gasteiger partial charge is 0.369 e. The van der Waals surface area contributed by atoms with Crippen LogP contribution in [0.4, 0.5) is 0 Å². The van der Waals surface area contributed by atoms with Gasteiger partial charge >= 0.3 is 0 Å². The number of imidazole rings is 1. The minimum Gasteiger partial charge on any atom is -0.369 e. The van der Waals surface area contributed by atoms with Crippen LogP contribution >= 0.6 is 0 Å². The van der Waals surface area contributed by atoms with E-state index in [9.17, 15) is 0 Å². The first kappa shape index (κ1) is 11.7. The van der Waals surface area contributed by atoms with Gasteiger partial charge in [0.2, 0.25) is 6.33 Å². The molecule has 1 aromatic heterocycles. The fourth-order valence-corrected chi connectivity index (χ4v) is 2.69. The molecule has 100 valence electrons. The van der Waals surface area contributed by atoms with Crippen LogP contribution in [0.5, 0.6) is 0 Å². The molecule has 0 aliphatic carbocycles. The fraction of sp³-hybridized carbons (Fsp3) is 0.235. The molecule has 3 heteroatoms. The summed E-state index contributed by atoms with van der Waals surface area (Å²) < 4.78 is 9.97. The molecule has 0 bridgehead atoms. The molecule has 1 saturated heterocycles. The van der Waals surface area contributed by atoms with E-state index in [0.717, 1.165) is 19.7 Å². The zero-order valence-electron chi connectivity index (χ0n) is 11.3. The molecule has 0 amide bonds. The van der Waals surface area contributed by atoms with E-state index in [-0.39, 0.29) is 0 Å². The molecule has 1 aliphatic heterocycles. The fourth-order valence-electron chi connectivity index (χ4n) is 2.69. The molecular weight excluding hydrogens is 248 g/mol. The Hall–Kier alpha value is -2.13. The number of nitrogens with zero attached hydrogens (tertiary/aromatic N) is 2. The van der Waals surface area contributed by atoms with Crippen molar-refractivity contribution in [3.8, 4) is 0 Å². The van der Waals surface area contributed by atoms with Gasteiger partial charge in [-0.2, -0.15) is 0 Å². The monoisotopic (exact) mass is 265 g/mol.